The third-order valence-electron chi connectivity index (χ3n) is 6.14. The summed E-state index contributed by atoms with van der Waals surface area (Å²) >= 11 is 0. The van der Waals surface area contributed by atoms with E-state index in [1.54, 1.807) is 11.9 Å². The number of carbonyl (C=O) groups is 3. The fourth-order valence-corrected chi connectivity index (χ4v) is 3.82. The van der Waals surface area contributed by atoms with E-state index in [-0.39, 0.29) is 41.7 Å². The molecule has 2 aliphatic rings. The lowest BCUT2D eigenvalue weighted by atomic mass is 9.98. The second kappa shape index (κ2) is 5.80. The minimum absolute atomic E-state index is 0.000133. The van der Waals surface area contributed by atoms with E-state index in [4.69, 9.17) is 5.11 Å². The van der Waals surface area contributed by atoms with Crippen molar-refractivity contribution in [1.29, 1.82) is 0 Å². The number of hydrogen-bond acceptors (Lipinski definition) is 3. The van der Waals surface area contributed by atoms with Crippen LogP contribution in [0.3, 0.4) is 0 Å². The summed E-state index contributed by atoms with van der Waals surface area (Å²) in [6, 6.07) is 0. The van der Waals surface area contributed by atoms with Crippen LogP contribution in [0.15, 0.2) is 0 Å². The van der Waals surface area contributed by atoms with Gasteiger partial charge in [0.25, 0.3) is 0 Å². The normalized spacial score (nSPS) is 25.8. The highest BCUT2D eigenvalue weighted by molar-refractivity contribution is 5.89. The summed E-state index contributed by atoms with van der Waals surface area (Å²) in [4.78, 5) is 39.1. The molecule has 0 aromatic carbocycles. The minimum Gasteiger partial charge on any atom is -0.481 e. The molecule has 2 rings (SSSR count). The smallest absolute Gasteiger partial charge is 0.308 e. The molecule has 0 spiro atoms. The van der Waals surface area contributed by atoms with Crippen LogP contribution in [0.1, 0.15) is 40.5 Å². The second-order valence-corrected chi connectivity index (χ2v) is 8.09. The molecule has 1 aliphatic carbocycles. The first kappa shape index (κ1) is 17.8. The molecule has 1 saturated heterocycles. The third-order valence-corrected chi connectivity index (χ3v) is 6.14. The van der Waals surface area contributed by atoms with Crippen LogP contribution in [-0.2, 0) is 14.4 Å². The number of rotatable bonds is 4. The van der Waals surface area contributed by atoms with Gasteiger partial charge in [0, 0.05) is 26.1 Å². The van der Waals surface area contributed by atoms with Gasteiger partial charge in [-0.25, -0.2) is 0 Å². The molecule has 0 bridgehead atoms. The topological polar surface area (TPSA) is 77.9 Å². The number of hydrogen-bond donors (Lipinski definition) is 1. The highest BCUT2D eigenvalue weighted by Gasteiger charge is 2.68. The Morgan fingerprint density at radius 3 is 2.22 bits per heavy atom. The van der Waals surface area contributed by atoms with Crippen LogP contribution in [0.5, 0.6) is 0 Å². The summed E-state index contributed by atoms with van der Waals surface area (Å²) in [6.45, 7) is 9.15. The van der Waals surface area contributed by atoms with E-state index in [0.717, 1.165) is 0 Å². The van der Waals surface area contributed by atoms with Crippen LogP contribution in [0.2, 0.25) is 0 Å². The van der Waals surface area contributed by atoms with Gasteiger partial charge < -0.3 is 14.9 Å². The van der Waals surface area contributed by atoms with Crippen LogP contribution in [-0.4, -0.2) is 59.4 Å². The van der Waals surface area contributed by atoms with E-state index in [0.29, 0.717) is 19.4 Å². The van der Waals surface area contributed by atoms with E-state index < -0.39 is 11.9 Å². The minimum atomic E-state index is -0.853. The first-order chi connectivity index (χ1) is 10.5. The predicted molar refractivity (Wildman–Crippen MR) is 85.6 cm³/mol. The maximum absolute atomic E-state index is 12.6. The molecular weight excluding hydrogens is 296 g/mol. The predicted octanol–water partition coefficient (Wildman–Crippen LogP) is 1.45. The number of likely N-dealkylation sites (N-methyl/N-ethyl adjacent to an activating group) is 1. The Kier molecular flexibility index (Phi) is 4.48. The van der Waals surface area contributed by atoms with Crippen molar-refractivity contribution in [1.82, 2.24) is 9.80 Å². The molecule has 1 atom stereocenters. The Balaban J connectivity index is 1.93. The first-order valence-electron chi connectivity index (χ1n) is 8.25. The van der Waals surface area contributed by atoms with Crippen molar-refractivity contribution in [2.24, 2.45) is 22.7 Å². The number of carboxylic acid groups (broad SMARTS) is 1. The summed E-state index contributed by atoms with van der Waals surface area (Å²) in [5.74, 6) is -1.58. The van der Waals surface area contributed by atoms with Gasteiger partial charge in [-0.2, -0.15) is 0 Å². The van der Waals surface area contributed by atoms with Crippen molar-refractivity contribution in [3.8, 4) is 0 Å². The molecule has 1 heterocycles. The molecule has 0 aromatic rings. The molecule has 1 unspecified atom stereocenters. The Morgan fingerprint density at radius 1 is 1.17 bits per heavy atom. The number of carbonyl (C=O) groups excluding carboxylic acids is 2. The quantitative estimate of drug-likeness (QED) is 0.849. The number of carboxylic acids is 1. The molecule has 0 radical (unpaired) electrons. The number of aliphatic carboxylic acids is 1. The second-order valence-electron chi connectivity index (χ2n) is 8.09. The van der Waals surface area contributed by atoms with Crippen LogP contribution in [0.25, 0.3) is 0 Å². The average molecular weight is 324 g/mol. The lowest BCUT2D eigenvalue weighted by Crippen LogP contribution is -2.47. The van der Waals surface area contributed by atoms with Crippen molar-refractivity contribution in [3.05, 3.63) is 0 Å². The standard InChI is InChI=1S/C17H28N2O4/c1-16(2)13(17(16,3)4)14(21)18(5)10-12(20)19-8-6-7-11(9-19)15(22)23/h11,13H,6-10H2,1-5H3,(H,22,23). The number of likely N-dealkylation sites (tertiary alicyclic amines) is 1. The monoisotopic (exact) mass is 324 g/mol. The van der Waals surface area contributed by atoms with Gasteiger partial charge in [-0.1, -0.05) is 27.7 Å². The SMILES string of the molecule is CN(CC(=O)N1CCCC(C(=O)O)C1)C(=O)C1C(C)(C)C1(C)C. The summed E-state index contributed by atoms with van der Waals surface area (Å²) in [6.07, 6.45) is 1.31. The van der Waals surface area contributed by atoms with E-state index >= 15 is 0 Å². The Bertz CT molecular complexity index is 513. The molecule has 1 aliphatic heterocycles. The lowest BCUT2D eigenvalue weighted by molar-refractivity contribution is -0.147. The fourth-order valence-electron chi connectivity index (χ4n) is 3.82. The third kappa shape index (κ3) is 3.08. The molecule has 23 heavy (non-hydrogen) atoms. The first-order valence-corrected chi connectivity index (χ1v) is 8.25. The van der Waals surface area contributed by atoms with Gasteiger partial charge in [0.2, 0.25) is 11.8 Å². The van der Waals surface area contributed by atoms with Gasteiger partial charge in [0.15, 0.2) is 0 Å². The summed E-state index contributed by atoms with van der Waals surface area (Å²) in [7, 11) is 1.66. The maximum atomic E-state index is 12.6. The fraction of sp³-hybridized carbons (Fsp3) is 0.824. The highest BCUT2D eigenvalue weighted by Crippen LogP contribution is 2.68. The summed E-state index contributed by atoms with van der Waals surface area (Å²) in [5.41, 5.74) is -0.109. The molecular formula is C17H28N2O4. The Hall–Kier alpha value is -1.59. The van der Waals surface area contributed by atoms with E-state index in [9.17, 15) is 14.4 Å². The molecule has 1 N–H and O–H groups in total. The van der Waals surface area contributed by atoms with Crippen molar-refractivity contribution in [2.75, 3.05) is 26.7 Å². The largest absolute Gasteiger partial charge is 0.481 e. The van der Waals surface area contributed by atoms with Crippen molar-refractivity contribution in [3.63, 3.8) is 0 Å². The van der Waals surface area contributed by atoms with Crippen molar-refractivity contribution >= 4 is 17.8 Å². The van der Waals surface area contributed by atoms with Gasteiger partial charge in [-0.05, 0) is 23.7 Å². The van der Waals surface area contributed by atoms with E-state index in [1.165, 1.54) is 4.90 Å². The van der Waals surface area contributed by atoms with E-state index in [2.05, 4.69) is 27.7 Å². The zero-order valence-electron chi connectivity index (χ0n) is 14.8. The van der Waals surface area contributed by atoms with Gasteiger partial charge in [0.05, 0.1) is 12.5 Å². The number of piperidine rings is 1. The summed E-state index contributed by atoms with van der Waals surface area (Å²) < 4.78 is 0. The van der Waals surface area contributed by atoms with Gasteiger partial charge in [-0.3, -0.25) is 14.4 Å². The Morgan fingerprint density at radius 2 is 1.74 bits per heavy atom. The van der Waals surface area contributed by atoms with Crippen molar-refractivity contribution in [2.45, 2.75) is 40.5 Å². The molecule has 6 nitrogen and oxygen atoms in total. The molecule has 0 aromatic heterocycles. The average Bonchev–Trinajstić information content (AvgIpc) is 2.87. The van der Waals surface area contributed by atoms with Crippen molar-refractivity contribution < 1.29 is 19.5 Å². The molecule has 6 heteroatoms. The maximum Gasteiger partial charge on any atom is 0.308 e. The summed E-state index contributed by atoms with van der Waals surface area (Å²) in [5, 5.41) is 9.10. The Labute approximate surface area is 137 Å². The van der Waals surface area contributed by atoms with Gasteiger partial charge in [-0.15, -0.1) is 0 Å². The molecule has 2 fully saturated rings. The van der Waals surface area contributed by atoms with Crippen LogP contribution < -0.4 is 0 Å². The zero-order chi connectivity index (χ0) is 17.6. The van der Waals surface area contributed by atoms with Crippen LogP contribution in [0, 0.1) is 22.7 Å². The van der Waals surface area contributed by atoms with Crippen LogP contribution in [0.4, 0.5) is 0 Å². The molecule has 130 valence electrons. The van der Waals surface area contributed by atoms with Crippen LogP contribution >= 0.6 is 0 Å². The highest BCUT2D eigenvalue weighted by atomic mass is 16.4. The van der Waals surface area contributed by atoms with E-state index in [1.807, 2.05) is 0 Å². The molecule has 1 saturated carbocycles. The van der Waals surface area contributed by atoms with Gasteiger partial charge in [0.1, 0.15) is 0 Å². The zero-order valence-corrected chi connectivity index (χ0v) is 14.8. The lowest BCUT2D eigenvalue weighted by Gasteiger charge is -2.32. The number of nitrogens with zero attached hydrogens (tertiary/aromatic N) is 2. The molecule has 2 amide bonds. The van der Waals surface area contributed by atoms with Gasteiger partial charge >= 0.3 is 5.97 Å². The number of amides is 2.